The van der Waals surface area contributed by atoms with E-state index in [1.54, 1.807) is 19.1 Å². The molecule has 0 fully saturated rings. The standard InChI is InChI=1S/C14H14ClN3O/c1-10-12(7-8-13(15)17-10)18-14(19)9-16-11-5-3-2-4-6-11/h2-8,16H,9H2,1H3,(H,18,19). The molecule has 5 heteroatoms. The molecule has 0 aliphatic heterocycles. The summed E-state index contributed by atoms with van der Waals surface area (Å²) in [7, 11) is 0. The summed E-state index contributed by atoms with van der Waals surface area (Å²) in [5.74, 6) is -0.129. The molecule has 1 aromatic carbocycles. The molecule has 0 spiro atoms. The molecule has 0 saturated carbocycles. The third-order valence-electron chi connectivity index (χ3n) is 2.55. The van der Waals surface area contributed by atoms with Gasteiger partial charge in [0.15, 0.2) is 0 Å². The highest BCUT2D eigenvalue weighted by atomic mass is 35.5. The molecule has 2 rings (SSSR count). The molecule has 4 nitrogen and oxygen atoms in total. The molecule has 0 aliphatic carbocycles. The Bertz CT molecular complexity index is 572. The zero-order valence-electron chi connectivity index (χ0n) is 10.5. The lowest BCUT2D eigenvalue weighted by atomic mass is 10.3. The smallest absolute Gasteiger partial charge is 0.243 e. The van der Waals surface area contributed by atoms with E-state index in [1.807, 2.05) is 30.3 Å². The van der Waals surface area contributed by atoms with Crippen LogP contribution in [-0.4, -0.2) is 17.4 Å². The Morgan fingerprint density at radius 3 is 2.63 bits per heavy atom. The van der Waals surface area contributed by atoms with Gasteiger partial charge >= 0.3 is 0 Å². The zero-order valence-corrected chi connectivity index (χ0v) is 11.2. The highest BCUT2D eigenvalue weighted by Gasteiger charge is 2.05. The predicted octanol–water partition coefficient (Wildman–Crippen LogP) is 3.09. The van der Waals surface area contributed by atoms with Gasteiger partial charge in [0.1, 0.15) is 5.15 Å². The minimum absolute atomic E-state index is 0.129. The number of hydrogen-bond acceptors (Lipinski definition) is 3. The van der Waals surface area contributed by atoms with Crippen molar-refractivity contribution in [2.45, 2.75) is 6.92 Å². The van der Waals surface area contributed by atoms with Gasteiger partial charge in [0.25, 0.3) is 0 Å². The third-order valence-corrected chi connectivity index (χ3v) is 2.76. The average Bonchev–Trinajstić information content (AvgIpc) is 2.41. The summed E-state index contributed by atoms with van der Waals surface area (Å²) in [6.07, 6.45) is 0. The first-order valence-corrected chi connectivity index (χ1v) is 6.25. The number of hydrogen-bond donors (Lipinski definition) is 2. The Labute approximate surface area is 116 Å². The summed E-state index contributed by atoms with van der Waals surface area (Å²) in [5.41, 5.74) is 2.27. The first kappa shape index (κ1) is 13.4. The van der Waals surface area contributed by atoms with E-state index in [4.69, 9.17) is 11.6 Å². The lowest BCUT2D eigenvalue weighted by Gasteiger charge is -2.09. The fourth-order valence-corrected chi connectivity index (χ4v) is 1.79. The SMILES string of the molecule is Cc1nc(Cl)ccc1NC(=O)CNc1ccccc1. The van der Waals surface area contributed by atoms with Crippen LogP contribution >= 0.6 is 11.6 Å². The number of carbonyl (C=O) groups excluding carboxylic acids is 1. The van der Waals surface area contributed by atoms with Gasteiger partial charge in [0.05, 0.1) is 17.9 Å². The van der Waals surface area contributed by atoms with Gasteiger partial charge in [-0.2, -0.15) is 0 Å². The minimum Gasteiger partial charge on any atom is -0.376 e. The maximum atomic E-state index is 11.8. The van der Waals surface area contributed by atoms with Crippen LogP contribution in [0.25, 0.3) is 0 Å². The lowest BCUT2D eigenvalue weighted by Crippen LogP contribution is -2.22. The summed E-state index contributed by atoms with van der Waals surface area (Å²) < 4.78 is 0. The molecule has 0 aliphatic rings. The normalized spacial score (nSPS) is 10.0. The maximum Gasteiger partial charge on any atom is 0.243 e. The summed E-state index contributed by atoms with van der Waals surface area (Å²) in [6, 6.07) is 12.9. The molecular formula is C14H14ClN3O. The van der Waals surface area contributed by atoms with Crippen LogP contribution in [0.2, 0.25) is 5.15 Å². The molecule has 0 radical (unpaired) electrons. The lowest BCUT2D eigenvalue weighted by molar-refractivity contribution is -0.114. The first-order valence-electron chi connectivity index (χ1n) is 5.87. The van der Waals surface area contributed by atoms with E-state index in [9.17, 15) is 4.79 Å². The van der Waals surface area contributed by atoms with Gasteiger partial charge in [0.2, 0.25) is 5.91 Å². The van der Waals surface area contributed by atoms with Crippen LogP contribution in [0, 0.1) is 6.92 Å². The zero-order chi connectivity index (χ0) is 13.7. The fourth-order valence-electron chi connectivity index (χ4n) is 1.60. The topological polar surface area (TPSA) is 54.0 Å². The first-order chi connectivity index (χ1) is 9.15. The monoisotopic (exact) mass is 275 g/mol. The van der Waals surface area contributed by atoms with Gasteiger partial charge in [-0.3, -0.25) is 4.79 Å². The van der Waals surface area contributed by atoms with Crippen molar-refractivity contribution < 1.29 is 4.79 Å². The number of nitrogens with zero attached hydrogens (tertiary/aromatic N) is 1. The van der Waals surface area contributed by atoms with Crippen molar-refractivity contribution in [3.8, 4) is 0 Å². The molecule has 0 atom stereocenters. The number of benzene rings is 1. The number of aryl methyl sites for hydroxylation is 1. The number of carbonyl (C=O) groups is 1. The van der Waals surface area contributed by atoms with Crippen molar-refractivity contribution in [1.82, 2.24) is 4.98 Å². The molecule has 2 aromatic rings. The van der Waals surface area contributed by atoms with Gasteiger partial charge < -0.3 is 10.6 Å². The van der Waals surface area contributed by atoms with Gasteiger partial charge in [-0.15, -0.1) is 0 Å². The van der Waals surface area contributed by atoms with E-state index in [2.05, 4.69) is 15.6 Å². The predicted molar refractivity (Wildman–Crippen MR) is 77.5 cm³/mol. The van der Waals surface area contributed by atoms with Crippen molar-refractivity contribution >= 4 is 28.9 Å². The van der Waals surface area contributed by atoms with Crippen LogP contribution in [0.5, 0.6) is 0 Å². The summed E-state index contributed by atoms with van der Waals surface area (Å²) in [5, 5.41) is 6.24. The van der Waals surface area contributed by atoms with E-state index < -0.39 is 0 Å². The van der Waals surface area contributed by atoms with E-state index in [-0.39, 0.29) is 12.5 Å². The molecule has 0 bridgehead atoms. The van der Waals surface area contributed by atoms with Gasteiger partial charge in [0, 0.05) is 5.69 Å². The Hall–Kier alpha value is -2.07. The Morgan fingerprint density at radius 1 is 1.21 bits per heavy atom. The Balaban J connectivity index is 1.91. The Kier molecular flexibility index (Phi) is 4.36. The van der Waals surface area contributed by atoms with Crippen LogP contribution in [0.4, 0.5) is 11.4 Å². The van der Waals surface area contributed by atoms with Crippen molar-refractivity contribution in [2.24, 2.45) is 0 Å². The molecule has 1 aromatic heterocycles. The largest absolute Gasteiger partial charge is 0.376 e. The molecule has 98 valence electrons. The van der Waals surface area contributed by atoms with Crippen molar-refractivity contribution in [2.75, 3.05) is 17.2 Å². The number of nitrogens with one attached hydrogen (secondary N) is 2. The molecule has 1 amide bonds. The average molecular weight is 276 g/mol. The minimum atomic E-state index is -0.129. The summed E-state index contributed by atoms with van der Waals surface area (Å²) >= 11 is 5.76. The number of amides is 1. The Morgan fingerprint density at radius 2 is 1.95 bits per heavy atom. The second-order valence-electron chi connectivity index (χ2n) is 4.03. The van der Waals surface area contributed by atoms with Gasteiger partial charge in [-0.25, -0.2) is 4.98 Å². The van der Waals surface area contributed by atoms with E-state index in [1.165, 1.54) is 0 Å². The highest BCUT2D eigenvalue weighted by Crippen LogP contribution is 2.15. The fraction of sp³-hybridized carbons (Fsp3) is 0.143. The molecule has 0 saturated heterocycles. The van der Waals surface area contributed by atoms with Crippen LogP contribution in [0.1, 0.15) is 5.69 Å². The number of halogens is 1. The van der Waals surface area contributed by atoms with Crippen LogP contribution in [0.15, 0.2) is 42.5 Å². The number of para-hydroxylation sites is 1. The molecule has 19 heavy (non-hydrogen) atoms. The summed E-state index contributed by atoms with van der Waals surface area (Å²) in [4.78, 5) is 15.9. The van der Waals surface area contributed by atoms with E-state index in [0.29, 0.717) is 16.5 Å². The molecule has 2 N–H and O–H groups in total. The molecule has 0 unspecified atom stereocenters. The van der Waals surface area contributed by atoms with Crippen LogP contribution < -0.4 is 10.6 Å². The van der Waals surface area contributed by atoms with E-state index >= 15 is 0 Å². The quantitative estimate of drug-likeness (QED) is 0.843. The van der Waals surface area contributed by atoms with Crippen LogP contribution in [0.3, 0.4) is 0 Å². The number of pyridine rings is 1. The van der Waals surface area contributed by atoms with Crippen molar-refractivity contribution in [3.63, 3.8) is 0 Å². The second kappa shape index (κ2) is 6.20. The third kappa shape index (κ3) is 3.96. The number of rotatable bonds is 4. The number of anilines is 2. The van der Waals surface area contributed by atoms with Crippen molar-refractivity contribution in [1.29, 1.82) is 0 Å². The highest BCUT2D eigenvalue weighted by molar-refractivity contribution is 6.29. The molecule has 1 heterocycles. The molecular weight excluding hydrogens is 262 g/mol. The van der Waals surface area contributed by atoms with E-state index in [0.717, 1.165) is 5.69 Å². The van der Waals surface area contributed by atoms with Gasteiger partial charge in [-0.05, 0) is 31.2 Å². The number of aromatic nitrogens is 1. The maximum absolute atomic E-state index is 11.8. The van der Waals surface area contributed by atoms with Crippen molar-refractivity contribution in [3.05, 3.63) is 53.3 Å². The van der Waals surface area contributed by atoms with Gasteiger partial charge in [-0.1, -0.05) is 29.8 Å². The summed E-state index contributed by atoms with van der Waals surface area (Å²) in [6.45, 7) is 2.00. The second-order valence-corrected chi connectivity index (χ2v) is 4.42. The van der Waals surface area contributed by atoms with Crippen LogP contribution in [-0.2, 0) is 4.79 Å².